The van der Waals surface area contributed by atoms with Crippen molar-refractivity contribution in [1.82, 2.24) is 14.4 Å². The molecule has 1 atom stereocenters. The Morgan fingerprint density at radius 2 is 1.78 bits per heavy atom. The molecule has 1 aliphatic heterocycles. The maximum absolute atomic E-state index is 13.9. The molecule has 0 aliphatic carbocycles. The highest BCUT2D eigenvalue weighted by Crippen LogP contribution is 2.46. The number of unbranched alkanes of at least 4 members (excludes halogenated alkanes) is 1. The summed E-state index contributed by atoms with van der Waals surface area (Å²) in [6, 6.07) is 12.3. The number of aryl methyl sites for hydroxylation is 4. The zero-order valence-electron chi connectivity index (χ0n) is 26.3. The van der Waals surface area contributed by atoms with E-state index in [1.165, 1.54) is 16.2 Å². The van der Waals surface area contributed by atoms with Crippen molar-refractivity contribution >= 4 is 49.8 Å². The fraction of sp³-hybridized carbons (Fsp3) is 0.314. The lowest BCUT2D eigenvalue weighted by Crippen LogP contribution is -2.29. The number of carbonyl (C=O) groups excluding carboxylic acids is 2. The average Bonchev–Trinajstić information content (AvgIpc) is 3.66. The van der Waals surface area contributed by atoms with E-state index in [0.29, 0.717) is 46.7 Å². The molecule has 0 bridgehead atoms. The molecule has 1 unspecified atom stereocenters. The normalized spacial score (nSPS) is 16.3. The Bertz CT molecular complexity index is 2010. The van der Waals surface area contributed by atoms with Gasteiger partial charge in [-0.1, -0.05) is 42.9 Å². The van der Waals surface area contributed by atoms with Crippen LogP contribution in [-0.2, 0) is 9.59 Å². The highest BCUT2D eigenvalue weighted by Gasteiger charge is 2.49. The van der Waals surface area contributed by atoms with Gasteiger partial charge >= 0.3 is 5.91 Å². The van der Waals surface area contributed by atoms with E-state index in [-0.39, 0.29) is 17.0 Å². The van der Waals surface area contributed by atoms with Crippen molar-refractivity contribution in [2.75, 3.05) is 18.1 Å². The summed E-state index contributed by atoms with van der Waals surface area (Å²) in [5.74, 6) is -0.848. The quantitative estimate of drug-likeness (QED) is 0.0789. The summed E-state index contributed by atoms with van der Waals surface area (Å²) in [6.07, 6.45) is 3.73. The topological polar surface area (TPSA) is 106 Å². The van der Waals surface area contributed by atoms with Crippen LogP contribution in [0.5, 0.6) is 11.5 Å². The zero-order valence-corrected chi connectivity index (χ0v) is 27.1. The number of pyridine rings is 1. The number of ketones is 1. The number of carbonyl (C=O) groups is 2. The Morgan fingerprint density at radius 3 is 2.51 bits per heavy atom. The van der Waals surface area contributed by atoms with E-state index in [0.717, 1.165) is 39.7 Å². The molecule has 0 saturated carbocycles. The van der Waals surface area contributed by atoms with Crippen molar-refractivity contribution in [1.29, 1.82) is 0 Å². The van der Waals surface area contributed by atoms with Crippen LogP contribution in [0.15, 0.2) is 54.2 Å². The molecule has 10 heteroatoms. The number of imidazole rings is 1. The van der Waals surface area contributed by atoms with Crippen molar-refractivity contribution in [2.45, 2.75) is 60.4 Å². The zero-order chi connectivity index (χ0) is 32.0. The van der Waals surface area contributed by atoms with Crippen LogP contribution in [-0.4, -0.2) is 44.4 Å². The molecule has 1 N–H and O–H groups in total. The largest absolute Gasteiger partial charge is 0.505 e. The van der Waals surface area contributed by atoms with E-state index in [1.807, 2.05) is 75.5 Å². The van der Waals surface area contributed by atoms with Gasteiger partial charge in [0.2, 0.25) is 0 Å². The molecule has 2 aromatic carbocycles. The first-order valence-electron chi connectivity index (χ1n) is 15.2. The van der Waals surface area contributed by atoms with Gasteiger partial charge < -0.3 is 19.0 Å². The number of aromatic nitrogens is 3. The second-order valence-electron chi connectivity index (χ2n) is 11.4. The van der Waals surface area contributed by atoms with E-state index in [1.54, 1.807) is 12.1 Å². The molecule has 1 saturated heterocycles. The van der Waals surface area contributed by atoms with Crippen molar-refractivity contribution in [3.63, 3.8) is 0 Å². The highest BCUT2D eigenvalue weighted by atomic mass is 32.1. The van der Waals surface area contributed by atoms with Gasteiger partial charge in [-0.05, 0) is 87.6 Å². The molecule has 3 aromatic heterocycles. The van der Waals surface area contributed by atoms with Gasteiger partial charge in [-0.15, -0.1) is 0 Å². The van der Waals surface area contributed by atoms with Crippen LogP contribution in [0.25, 0.3) is 21.6 Å². The predicted octanol–water partition coefficient (Wildman–Crippen LogP) is 7.38. The number of benzene rings is 2. The Kier molecular flexibility index (Phi) is 8.09. The Balaban J connectivity index is 1.58. The molecular formula is C35H36N4O5S. The second-order valence-corrected chi connectivity index (χ2v) is 12.4. The first kappa shape index (κ1) is 30.3. The molecule has 6 rings (SSSR count). The number of amides is 1. The number of Topliss-reactive ketones (excluding diaryl/α,β-unsaturated/α-hetero) is 1. The fourth-order valence-corrected chi connectivity index (χ4v) is 7.06. The van der Waals surface area contributed by atoms with Crippen LogP contribution in [0.3, 0.4) is 0 Å². The molecule has 45 heavy (non-hydrogen) atoms. The summed E-state index contributed by atoms with van der Waals surface area (Å²) < 4.78 is 14.8. The number of thiazole rings is 1. The first-order valence-corrected chi connectivity index (χ1v) is 16.0. The number of hydrogen-bond donors (Lipinski definition) is 1. The van der Waals surface area contributed by atoms with E-state index in [2.05, 4.69) is 6.92 Å². The first-order chi connectivity index (χ1) is 21.6. The van der Waals surface area contributed by atoms with Crippen molar-refractivity contribution in [3.8, 4) is 11.5 Å². The maximum Gasteiger partial charge on any atom is 0.301 e. The summed E-state index contributed by atoms with van der Waals surface area (Å²) in [7, 11) is 0. The Labute approximate surface area is 265 Å². The number of fused-ring (bicyclic) bond motifs is 2. The molecule has 4 heterocycles. The third kappa shape index (κ3) is 5.22. The highest BCUT2D eigenvalue weighted by molar-refractivity contribution is 7.22. The second kappa shape index (κ2) is 12.0. The Hall–Kier alpha value is -4.70. The molecule has 232 valence electrons. The average molecular weight is 625 g/mol. The summed E-state index contributed by atoms with van der Waals surface area (Å²) in [5.41, 5.74) is 5.80. The van der Waals surface area contributed by atoms with Gasteiger partial charge in [0.15, 0.2) is 22.4 Å². The molecule has 0 radical (unpaired) electrons. The number of aliphatic hydroxyl groups is 1. The van der Waals surface area contributed by atoms with Crippen molar-refractivity contribution in [3.05, 3.63) is 87.9 Å². The number of ether oxygens (including phenoxy) is 2. The number of rotatable bonds is 9. The van der Waals surface area contributed by atoms with Crippen LogP contribution < -0.4 is 14.4 Å². The molecule has 5 aromatic rings. The van der Waals surface area contributed by atoms with Gasteiger partial charge in [-0.3, -0.25) is 14.5 Å². The van der Waals surface area contributed by atoms with Crippen LogP contribution >= 0.6 is 11.3 Å². The van der Waals surface area contributed by atoms with Crippen LogP contribution in [0.1, 0.15) is 66.4 Å². The number of aliphatic hydroxyl groups excluding tert-OH is 1. The third-order valence-electron chi connectivity index (χ3n) is 8.12. The predicted molar refractivity (Wildman–Crippen MR) is 177 cm³/mol. The van der Waals surface area contributed by atoms with E-state index in [9.17, 15) is 14.7 Å². The van der Waals surface area contributed by atoms with Crippen LogP contribution in [0, 0.1) is 27.7 Å². The standard InChI is InChI=1S/C35H36N4O5S/c1-7-9-15-44-24-13-12-23(18-25(24)43-8-2)30-27(31(40)29-22(6)38-14-10-11-20(4)33(38)36-29)32(41)34(42)39(30)35-37-28-21(5)16-19(3)17-26(28)45-35/h10-14,16-18,30,40H,7-9,15H2,1-6H3/b31-27+. The Morgan fingerprint density at radius 1 is 0.978 bits per heavy atom. The minimum Gasteiger partial charge on any atom is -0.505 e. The van der Waals surface area contributed by atoms with Gasteiger partial charge in [0.05, 0.1) is 40.7 Å². The fourth-order valence-electron chi connectivity index (χ4n) is 5.89. The van der Waals surface area contributed by atoms with Crippen LogP contribution in [0.4, 0.5) is 5.13 Å². The summed E-state index contributed by atoms with van der Waals surface area (Å²) in [6.45, 7) is 12.6. The van der Waals surface area contributed by atoms with Gasteiger partial charge in [0, 0.05) is 6.20 Å². The summed E-state index contributed by atoms with van der Waals surface area (Å²) in [5, 5.41) is 12.3. The SMILES string of the molecule is CCCCOc1ccc(C2/C(=C(\O)c3nc4c(C)cccn4c3C)C(=O)C(=O)N2c2nc3c(C)cc(C)cc3s2)cc1OCC. The van der Waals surface area contributed by atoms with Crippen molar-refractivity contribution < 1.29 is 24.2 Å². The minimum atomic E-state index is -0.985. The molecule has 1 aliphatic rings. The number of anilines is 1. The maximum atomic E-state index is 13.9. The number of hydrogen-bond acceptors (Lipinski definition) is 8. The third-order valence-corrected chi connectivity index (χ3v) is 9.12. The lowest BCUT2D eigenvalue weighted by atomic mass is 9.96. The lowest BCUT2D eigenvalue weighted by molar-refractivity contribution is -0.132. The number of nitrogens with zero attached hydrogens (tertiary/aromatic N) is 4. The molecule has 1 fully saturated rings. The van der Waals surface area contributed by atoms with Gasteiger partial charge in [-0.2, -0.15) is 0 Å². The monoisotopic (exact) mass is 624 g/mol. The molecule has 0 spiro atoms. The smallest absolute Gasteiger partial charge is 0.301 e. The minimum absolute atomic E-state index is 0.0570. The lowest BCUT2D eigenvalue weighted by Gasteiger charge is -2.24. The molecule has 9 nitrogen and oxygen atoms in total. The van der Waals surface area contributed by atoms with Gasteiger partial charge in [-0.25, -0.2) is 9.97 Å². The van der Waals surface area contributed by atoms with E-state index >= 15 is 0 Å². The molecular weight excluding hydrogens is 588 g/mol. The van der Waals surface area contributed by atoms with E-state index in [4.69, 9.17) is 19.4 Å². The van der Waals surface area contributed by atoms with Crippen molar-refractivity contribution in [2.24, 2.45) is 0 Å². The van der Waals surface area contributed by atoms with E-state index < -0.39 is 17.7 Å². The summed E-state index contributed by atoms with van der Waals surface area (Å²) in [4.78, 5) is 38.8. The van der Waals surface area contributed by atoms with Gasteiger partial charge in [0.1, 0.15) is 11.3 Å². The molecule has 1 amide bonds. The van der Waals surface area contributed by atoms with Gasteiger partial charge in [0.25, 0.3) is 5.78 Å². The summed E-state index contributed by atoms with van der Waals surface area (Å²) >= 11 is 1.34. The van der Waals surface area contributed by atoms with Crippen LogP contribution in [0.2, 0.25) is 0 Å².